The molecule has 2 atom stereocenters. The minimum absolute atomic E-state index is 0.0128. The van der Waals surface area contributed by atoms with E-state index in [-0.39, 0.29) is 30.7 Å². The van der Waals surface area contributed by atoms with E-state index in [0.29, 0.717) is 0 Å². The van der Waals surface area contributed by atoms with Crippen molar-refractivity contribution < 1.29 is 10.2 Å². The molecule has 0 heterocycles. The van der Waals surface area contributed by atoms with Crippen molar-refractivity contribution >= 4 is 69.6 Å². The van der Waals surface area contributed by atoms with Crippen LogP contribution in [0.5, 0.6) is 0 Å². The highest BCUT2D eigenvalue weighted by molar-refractivity contribution is 6.48. The Hall–Kier alpha value is 0.200. The van der Waals surface area contributed by atoms with E-state index in [0.717, 1.165) is 0 Å². The number of hydrogen-bond acceptors (Lipinski definition) is 2. The largest absolute Gasteiger partial charge is 0.509 e. The van der Waals surface area contributed by atoms with Gasteiger partial charge in [-0.2, -0.15) is 0 Å². The number of aliphatic hydroxyl groups excluding tert-OH is 1. The van der Waals surface area contributed by atoms with E-state index in [1.165, 1.54) is 18.2 Å². The predicted octanol–water partition coefficient (Wildman–Crippen LogP) is 5.59. The fourth-order valence-electron chi connectivity index (χ4n) is 1.82. The highest BCUT2D eigenvalue weighted by Gasteiger charge is 2.44. The van der Waals surface area contributed by atoms with Crippen molar-refractivity contribution in [3.63, 3.8) is 0 Å². The maximum absolute atomic E-state index is 10.7. The number of alkyl halides is 1. The molecule has 1 aromatic carbocycles. The molecule has 2 unspecified atom stereocenters. The Kier molecular flexibility index (Phi) is 4.78. The monoisotopic (exact) mass is 392 g/mol. The average Bonchev–Trinajstić information content (AvgIpc) is 2.40. The van der Waals surface area contributed by atoms with Gasteiger partial charge in [0.05, 0.1) is 25.1 Å². The second-order valence-electron chi connectivity index (χ2n) is 4.10. The lowest BCUT2D eigenvalue weighted by Gasteiger charge is -2.34. The van der Waals surface area contributed by atoms with Crippen LogP contribution in [-0.2, 0) is 5.60 Å². The first-order valence-corrected chi connectivity index (χ1v) is 7.50. The Morgan fingerprint density at radius 3 is 2.20 bits per heavy atom. The molecule has 0 fully saturated rings. The van der Waals surface area contributed by atoms with Crippen LogP contribution in [-0.4, -0.2) is 15.6 Å². The van der Waals surface area contributed by atoms with Gasteiger partial charge in [0, 0.05) is 5.56 Å². The molecule has 20 heavy (non-hydrogen) atoms. The van der Waals surface area contributed by atoms with Gasteiger partial charge in [0.15, 0.2) is 0 Å². The van der Waals surface area contributed by atoms with E-state index in [1.54, 1.807) is 0 Å². The SMILES string of the molecule is OC1=C(Cl)C(Cl)=CC(O)(c2ccc(Cl)c(Cl)c2Cl)C1Cl. The van der Waals surface area contributed by atoms with E-state index >= 15 is 0 Å². The van der Waals surface area contributed by atoms with Gasteiger partial charge < -0.3 is 10.2 Å². The van der Waals surface area contributed by atoms with Crippen LogP contribution >= 0.6 is 69.6 Å². The maximum Gasteiger partial charge on any atom is 0.134 e. The second-order valence-corrected chi connectivity index (χ2v) is 6.49. The van der Waals surface area contributed by atoms with Crippen LogP contribution in [0.1, 0.15) is 5.56 Å². The molecule has 0 saturated heterocycles. The van der Waals surface area contributed by atoms with E-state index in [1.807, 2.05) is 0 Å². The molecule has 2 nitrogen and oxygen atoms in total. The first kappa shape index (κ1) is 16.6. The first-order chi connectivity index (χ1) is 9.20. The standard InChI is InChI=1S/C12H6Cl6O2/c13-5-2-1-4(7(15)8(5)16)12(20)3-6(14)9(17)10(19)11(12)18/h1-3,11,19-20H. The fourth-order valence-corrected chi connectivity index (χ4v) is 3.28. The molecule has 1 aliphatic carbocycles. The molecule has 8 heteroatoms. The zero-order valence-electron chi connectivity index (χ0n) is 9.47. The van der Waals surface area contributed by atoms with Gasteiger partial charge in [0.25, 0.3) is 0 Å². The molecule has 1 aromatic rings. The maximum atomic E-state index is 10.7. The number of rotatable bonds is 1. The summed E-state index contributed by atoms with van der Waals surface area (Å²) in [7, 11) is 0. The van der Waals surface area contributed by atoms with Crippen LogP contribution in [0.2, 0.25) is 15.1 Å². The Balaban J connectivity index is 2.67. The molecule has 0 aromatic heterocycles. The summed E-state index contributed by atoms with van der Waals surface area (Å²) in [4.78, 5) is 0. The molecule has 0 spiro atoms. The van der Waals surface area contributed by atoms with Crippen molar-refractivity contribution in [2.24, 2.45) is 0 Å². The van der Waals surface area contributed by atoms with Gasteiger partial charge in [-0.3, -0.25) is 0 Å². The molecular formula is C12H6Cl6O2. The minimum atomic E-state index is -1.87. The zero-order valence-corrected chi connectivity index (χ0v) is 14.0. The minimum Gasteiger partial charge on any atom is -0.509 e. The third-order valence-corrected chi connectivity index (χ3v) is 5.50. The normalized spacial score (nSPS) is 26.8. The van der Waals surface area contributed by atoms with Crippen molar-refractivity contribution in [2.75, 3.05) is 0 Å². The second kappa shape index (κ2) is 5.77. The molecule has 108 valence electrons. The van der Waals surface area contributed by atoms with Crippen LogP contribution in [0.4, 0.5) is 0 Å². The number of halogens is 6. The van der Waals surface area contributed by atoms with Crippen molar-refractivity contribution in [3.8, 4) is 0 Å². The van der Waals surface area contributed by atoms with Gasteiger partial charge in [0.1, 0.15) is 16.7 Å². The summed E-state index contributed by atoms with van der Waals surface area (Å²) in [6, 6.07) is 2.89. The number of aliphatic hydroxyl groups is 2. The Morgan fingerprint density at radius 1 is 1.00 bits per heavy atom. The summed E-state index contributed by atoms with van der Waals surface area (Å²) < 4.78 is 0. The van der Waals surface area contributed by atoms with Crippen molar-refractivity contribution in [1.29, 1.82) is 0 Å². The number of benzene rings is 1. The highest BCUT2D eigenvalue weighted by Crippen LogP contribution is 2.47. The van der Waals surface area contributed by atoms with Crippen LogP contribution < -0.4 is 0 Å². The van der Waals surface area contributed by atoms with Crippen molar-refractivity contribution in [3.05, 3.63) is 54.7 Å². The van der Waals surface area contributed by atoms with Crippen molar-refractivity contribution in [2.45, 2.75) is 11.0 Å². The van der Waals surface area contributed by atoms with E-state index < -0.39 is 16.7 Å². The average molecular weight is 395 g/mol. The summed E-state index contributed by atoms with van der Waals surface area (Å²) in [5, 5.41) is 19.4. The number of allylic oxidation sites excluding steroid dienone is 2. The highest BCUT2D eigenvalue weighted by atomic mass is 35.5. The summed E-state index contributed by atoms with van der Waals surface area (Å²) in [6.45, 7) is 0. The van der Waals surface area contributed by atoms with E-state index in [9.17, 15) is 10.2 Å². The molecule has 0 bridgehead atoms. The van der Waals surface area contributed by atoms with Gasteiger partial charge in [-0.25, -0.2) is 0 Å². The fraction of sp³-hybridized carbons (Fsp3) is 0.167. The molecule has 2 N–H and O–H groups in total. The zero-order chi connectivity index (χ0) is 15.2. The Morgan fingerprint density at radius 2 is 1.60 bits per heavy atom. The molecule has 1 aliphatic rings. The van der Waals surface area contributed by atoms with Crippen molar-refractivity contribution in [1.82, 2.24) is 0 Å². The van der Waals surface area contributed by atoms with Crippen LogP contribution in [0, 0.1) is 0 Å². The number of hydrogen-bond donors (Lipinski definition) is 2. The summed E-state index contributed by atoms with van der Waals surface area (Å²) in [5.41, 5.74) is -1.71. The Bertz CT molecular complexity index is 639. The van der Waals surface area contributed by atoms with Gasteiger partial charge in [0.2, 0.25) is 0 Å². The van der Waals surface area contributed by atoms with E-state index in [4.69, 9.17) is 69.6 Å². The van der Waals surface area contributed by atoms with Gasteiger partial charge in [-0.05, 0) is 12.1 Å². The predicted molar refractivity (Wildman–Crippen MR) is 84.5 cm³/mol. The van der Waals surface area contributed by atoms with Crippen LogP contribution in [0.25, 0.3) is 0 Å². The van der Waals surface area contributed by atoms with Gasteiger partial charge in [-0.1, -0.05) is 64.1 Å². The van der Waals surface area contributed by atoms with E-state index in [2.05, 4.69) is 0 Å². The quantitative estimate of drug-likeness (QED) is 0.481. The van der Waals surface area contributed by atoms with Crippen LogP contribution in [0.3, 0.4) is 0 Å². The topological polar surface area (TPSA) is 40.5 Å². The summed E-state index contributed by atoms with van der Waals surface area (Å²) in [6.07, 6.45) is 1.19. The lowest BCUT2D eigenvalue weighted by Crippen LogP contribution is -2.38. The smallest absolute Gasteiger partial charge is 0.134 e. The molecular weight excluding hydrogens is 389 g/mol. The molecule has 0 aliphatic heterocycles. The summed E-state index contributed by atoms with van der Waals surface area (Å²) >= 11 is 35.6. The third kappa shape index (κ3) is 2.52. The lowest BCUT2D eigenvalue weighted by atomic mass is 9.86. The molecule has 0 saturated carbocycles. The summed E-state index contributed by atoms with van der Waals surface area (Å²) in [5.74, 6) is -0.453. The molecule has 0 amide bonds. The first-order valence-electron chi connectivity index (χ1n) is 5.18. The van der Waals surface area contributed by atoms with Gasteiger partial charge in [-0.15, -0.1) is 11.6 Å². The van der Waals surface area contributed by atoms with Crippen LogP contribution in [0.15, 0.2) is 34.0 Å². The lowest BCUT2D eigenvalue weighted by molar-refractivity contribution is 0.0787. The Labute approximate surface area is 145 Å². The van der Waals surface area contributed by atoms with Gasteiger partial charge >= 0.3 is 0 Å². The third-order valence-electron chi connectivity index (χ3n) is 2.87. The molecule has 0 radical (unpaired) electrons. The molecule has 2 rings (SSSR count).